The molecule has 0 N–H and O–H groups in total. The van der Waals surface area contributed by atoms with Crippen molar-refractivity contribution in [2.75, 3.05) is 18.6 Å². The van der Waals surface area contributed by atoms with Crippen LogP contribution in [0.2, 0.25) is 0 Å². The van der Waals surface area contributed by atoms with Crippen LogP contribution in [0, 0.1) is 0 Å². The van der Waals surface area contributed by atoms with E-state index in [1.165, 1.54) is 11.7 Å². The minimum absolute atomic E-state index is 0.236. The van der Waals surface area contributed by atoms with Gasteiger partial charge in [-0.15, -0.1) is 0 Å². The van der Waals surface area contributed by atoms with Crippen LogP contribution in [-0.4, -0.2) is 36.2 Å². The van der Waals surface area contributed by atoms with E-state index in [-0.39, 0.29) is 22.1 Å². The van der Waals surface area contributed by atoms with Crippen molar-refractivity contribution in [3.8, 4) is 5.75 Å². The topological polar surface area (TPSA) is 90.2 Å². The minimum Gasteiger partial charge on any atom is -0.496 e. The van der Waals surface area contributed by atoms with Gasteiger partial charge < -0.3 is 14.4 Å². The maximum atomic E-state index is 14.3. The number of amides is 1. The molecule has 202 valence electrons. The Balaban J connectivity index is 1.86. The Labute approximate surface area is 245 Å². The molecule has 0 saturated heterocycles. The van der Waals surface area contributed by atoms with Gasteiger partial charge in [-0.1, -0.05) is 43.2 Å². The Morgan fingerprint density at radius 3 is 2.49 bits per heavy atom. The molecule has 0 aliphatic carbocycles. The van der Waals surface area contributed by atoms with Crippen molar-refractivity contribution in [3.63, 3.8) is 0 Å². The molecule has 2 aliphatic heterocycles. The van der Waals surface area contributed by atoms with Gasteiger partial charge >= 0.3 is 5.97 Å². The van der Waals surface area contributed by atoms with Crippen LogP contribution in [0.3, 0.4) is 0 Å². The Hall–Kier alpha value is -3.02. The lowest BCUT2D eigenvalue weighted by Crippen LogP contribution is -2.41. The molecule has 0 unspecified atom stereocenters. The molecule has 5 rings (SSSR count). The Morgan fingerprint density at radius 2 is 1.82 bits per heavy atom. The summed E-state index contributed by atoms with van der Waals surface area (Å²) in [4.78, 5) is 48.0. The number of halogens is 2. The summed E-state index contributed by atoms with van der Waals surface area (Å²) >= 11 is 8.15. The van der Waals surface area contributed by atoms with Gasteiger partial charge in [-0.2, -0.15) is 0 Å². The summed E-state index contributed by atoms with van der Waals surface area (Å²) in [5, 5.41) is 0. The first-order valence-electron chi connectivity index (χ1n) is 12.3. The van der Waals surface area contributed by atoms with E-state index in [1.54, 1.807) is 31.7 Å². The third kappa shape index (κ3) is 4.60. The SMILES string of the molecule is CCN1C(=O)/C(=c2\sc3n(c2=O)[C@H](c2cc(Br)ccc2OC)C(C(=O)OC(C)C)=C(C)N=3)c2cc(Br)ccc21. The summed E-state index contributed by atoms with van der Waals surface area (Å²) in [6, 6.07) is 10.1. The van der Waals surface area contributed by atoms with Crippen LogP contribution in [0.15, 0.2) is 66.4 Å². The second kappa shape index (κ2) is 10.5. The number of rotatable bonds is 5. The number of likely N-dealkylation sites (N-methyl/N-ethyl adjacent to an activating group) is 1. The number of carbonyl (C=O) groups excluding carboxylic acids is 2. The second-order valence-corrected chi connectivity index (χ2v) is 12.1. The molecule has 8 nitrogen and oxygen atoms in total. The highest BCUT2D eigenvalue weighted by Gasteiger charge is 2.38. The van der Waals surface area contributed by atoms with Crippen LogP contribution in [0.5, 0.6) is 5.75 Å². The highest BCUT2D eigenvalue weighted by atomic mass is 79.9. The van der Waals surface area contributed by atoms with Gasteiger partial charge in [0.2, 0.25) is 0 Å². The lowest BCUT2D eigenvalue weighted by molar-refractivity contribution is -0.143. The fourth-order valence-corrected chi connectivity index (χ4v) is 6.84. The van der Waals surface area contributed by atoms with Gasteiger partial charge in [-0.3, -0.25) is 14.2 Å². The molecule has 2 aliphatic rings. The number of methoxy groups -OCH3 is 1. The standard InChI is InChI=1S/C28H25Br2N3O5S/c1-6-32-19-9-7-15(29)11-17(19)22(25(32)34)24-26(35)33-23(18-12-16(30)8-10-20(18)37-5)21(27(36)38-13(2)3)14(4)31-28(33)39-24/h7-13,23H,6H2,1-5H3/b24-22-/t23-/m1/s1. The van der Waals surface area contributed by atoms with E-state index in [0.717, 1.165) is 26.0 Å². The maximum absolute atomic E-state index is 14.3. The number of thiazole rings is 1. The molecule has 1 amide bonds. The van der Waals surface area contributed by atoms with E-state index in [1.807, 2.05) is 37.3 Å². The van der Waals surface area contributed by atoms with Crippen molar-refractivity contribution >= 4 is 66.3 Å². The van der Waals surface area contributed by atoms with Crippen LogP contribution < -0.4 is 24.5 Å². The predicted octanol–water partition coefficient (Wildman–Crippen LogP) is 4.46. The van der Waals surface area contributed by atoms with E-state index in [4.69, 9.17) is 9.47 Å². The van der Waals surface area contributed by atoms with Crippen molar-refractivity contribution in [1.82, 2.24) is 4.57 Å². The van der Waals surface area contributed by atoms with Crippen molar-refractivity contribution in [3.05, 3.63) is 87.4 Å². The fraction of sp³-hybridized carbons (Fsp3) is 0.286. The Kier molecular flexibility index (Phi) is 7.43. The number of fused-ring (bicyclic) bond motifs is 2. The van der Waals surface area contributed by atoms with Gasteiger partial charge in [0, 0.05) is 26.6 Å². The molecule has 39 heavy (non-hydrogen) atoms. The first-order chi connectivity index (χ1) is 18.6. The molecule has 0 bridgehead atoms. The molecule has 3 aromatic rings. The summed E-state index contributed by atoms with van der Waals surface area (Å²) in [5.74, 6) is -0.323. The number of esters is 1. The molecule has 11 heteroatoms. The van der Waals surface area contributed by atoms with Gasteiger partial charge in [0.25, 0.3) is 11.5 Å². The summed E-state index contributed by atoms with van der Waals surface area (Å²) in [6.07, 6.45) is -0.374. The molecule has 0 radical (unpaired) electrons. The van der Waals surface area contributed by atoms with Crippen LogP contribution in [0.25, 0.3) is 5.57 Å². The summed E-state index contributed by atoms with van der Waals surface area (Å²) in [6.45, 7) is 7.60. The van der Waals surface area contributed by atoms with Gasteiger partial charge in [-0.25, -0.2) is 9.79 Å². The number of anilines is 1. The highest BCUT2D eigenvalue weighted by Crippen LogP contribution is 2.39. The maximum Gasteiger partial charge on any atom is 0.338 e. The third-order valence-electron chi connectivity index (χ3n) is 6.57. The fourth-order valence-electron chi connectivity index (χ4n) is 4.96. The summed E-state index contributed by atoms with van der Waals surface area (Å²) in [5.41, 5.74) is 2.58. The first kappa shape index (κ1) is 27.5. The van der Waals surface area contributed by atoms with Gasteiger partial charge in [0.1, 0.15) is 16.3 Å². The number of hydrogen-bond donors (Lipinski definition) is 0. The third-order valence-corrected chi connectivity index (χ3v) is 8.61. The van der Waals surface area contributed by atoms with Crippen molar-refractivity contribution in [2.24, 2.45) is 4.99 Å². The van der Waals surface area contributed by atoms with E-state index in [0.29, 0.717) is 39.5 Å². The lowest BCUT2D eigenvalue weighted by atomic mass is 9.95. The van der Waals surface area contributed by atoms with E-state index in [2.05, 4.69) is 36.9 Å². The number of carbonyl (C=O) groups is 2. The molecule has 3 heterocycles. The van der Waals surface area contributed by atoms with Gasteiger partial charge in [-0.05, 0) is 64.1 Å². The number of hydrogen-bond acceptors (Lipinski definition) is 7. The van der Waals surface area contributed by atoms with Crippen molar-refractivity contribution < 1.29 is 19.1 Å². The zero-order valence-corrected chi connectivity index (χ0v) is 25.9. The molecular formula is C28H25Br2N3O5S. The second-order valence-electron chi connectivity index (χ2n) is 9.33. The Bertz CT molecular complexity index is 1760. The number of ether oxygens (including phenoxy) is 2. The summed E-state index contributed by atoms with van der Waals surface area (Å²) < 4.78 is 14.5. The first-order valence-corrected chi connectivity index (χ1v) is 14.7. The van der Waals surface area contributed by atoms with Gasteiger partial charge in [0.05, 0.1) is 35.7 Å². The quantitative estimate of drug-likeness (QED) is 0.373. The van der Waals surface area contributed by atoms with Crippen LogP contribution in [0.1, 0.15) is 44.9 Å². The van der Waals surface area contributed by atoms with Crippen LogP contribution in [0.4, 0.5) is 5.69 Å². The molecule has 2 aromatic carbocycles. The van der Waals surface area contributed by atoms with Crippen molar-refractivity contribution in [1.29, 1.82) is 0 Å². The smallest absolute Gasteiger partial charge is 0.338 e. The zero-order valence-electron chi connectivity index (χ0n) is 21.9. The molecule has 1 atom stereocenters. The normalized spacial score (nSPS) is 17.8. The number of aromatic nitrogens is 1. The van der Waals surface area contributed by atoms with Gasteiger partial charge in [0.15, 0.2) is 4.80 Å². The molecule has 0 fully saturated rings. The average molecular weight is 675 g/mol. The lowest BCUT2D eigenvalue weighted by Gasteiger charge is -2.26. The number of nitrogens with zero attached hydrogens (tertiary/aromatic N) is 3. The largest absolute Gasteiger partial charge is 0.496 e. The van der Waals surface area contributed by atoms with E-state index < -0.39 is 17.6 Å². The zero-order chi connectivity index (χ0) is 28.2. The van der Waals surface area contributed by atoms with Crippen LogP contribution >= 0.6 is 43.2 Å². The average Bonchev–Trinajstić information content (AvgIpc) is 3.33. The molecule has 0 saturated carbocycles. The van der Waals surface area contributed by atoms with Crippen molar-refractivity contribution in [2.45, 2.75) is 39.8 Å². The summed E-state index contributed by atoms with van der Waals surface area (Å²) in [7, 11) is 1.53. The monoisotopic (exact) mass is 673 g/mol. The molecule has 1 aromatic heterocycles. The number of allylic oxidation sites excluding steroid dienone is 1. The van der Waals surface area contributed by atoms with Crippen LogP contribution in [-0.2, 0) is 14.3 Å². The molecule has 0 spiro atoms. The Morgan fingerprint density at radius 1 is 1.13 bits per heavy atom. The predicted molar refractivity (Wildman–Crippen MR) is 157 cm³/mol. The highest BCUT2D eigenvalue weighted by molar-refractivity contribution is 9.10. The number of benzene rings is 2. The molecular weight excluding hydrogens is 650 g/mol. The van der Waals surface area contributed by atoms with E-state index >= 15 is 0 Å². The van der Waals surface area contributed by atoms with E-state index in [9.17, 15) is 14.4 Å². The minimum atomic E-state index is -0.880.